The molecule has 0 spiro atoms. The first-order valence-electron chi connectivity index (χ1n) is 5.26. The van der Waals surface area contributed by atoms with Gasteiger partial charge in [0.15, 0.2) is 0 Å². The second kappa shape index (κ2) is 6.35. The van der Waals surface area contributed by atoms with Gasteiger partial charge in [0, 0.05) is 32.0 Å². The lowest BCUT2D eigenvalue weighted by Crippen LogP contribution is -2.22. The lowest BCUT2D eigenvalue weighted by molar-refractivity contribution is 0.158. The molecule has 16 heavy (non-hydrogen) atoms. The first-order chi connectivity index (χ1) is 7.65. The summed E-state index contributed by atoms with van der Waals surface area (Å²) >= 11 is 0. The van der Waals surface area contributed by atoms with E-state index in [1.807, 2.05) is 18.2 Å². The molecule has 1 aromatic carbocycles. The summed E-state index contributed by atoms with van der Waals surface area (Å²) in [6, 6.07) is 5.78. The fourth-order valence-corrected chi connectivity index (χ4v) is 1.53. The van der Waals surface area contributed by atoms with Gasteiger partial charge in [0.05, 0.1) is 13.7 Å². The van der Waals surface area contributed by atoms with Crippen LogP contribution in [0.3, 0.4) is 0 Å². The lowest BCUT2D eigenvalue weighted by atomic mass is 10.2. The van der Waals surface area contributed by atoms with Crippen molar-refractivity contribution in [3.63, 3.8) is 0 Å². The second-order valence-corrected chi connectivity index (χ2v) is 3.85. The average Bonchev–Trinajstić information content (AvgIpc) is 2.25. The molecule has 0 aliphatic heterocycles. The maximum Gasteiger partial charge on any atom is 0.121 e. The predicted octanol–water partition coefficient (Wildman–Crippen LogP) is 1.36. The zero-order valence-corrected chi connectivity index (χ0v) is 10.2. The van der Waals surface area contributed by atoms with Crippen molar-refractivity contribution in [2.45, 2.75) is 6.54 Å². The van der Waals surface area contributed by atoms with E-state index in [1.165, 1.54) is 0 Å². The average molecular weight is 224 g/mol. The Kier molecular flexibility index (Phi) is 5.08. The maximum atomic E-state index is 5.79. The molecule has 0 aromatic heterocycles. The highest BCUT2D eigenvalue weighted by atomic mass is 16.5. The molecule has 0 radical (unpaired) electrons. The molecular formula is C12H20N2O2. The summed E-state index contributed by atoms with van der Waals surface area (Å²) in [7, 11) is 5.40. The quantitative estimate of drug-likeness (QED) is 0.741. The molecule has 0 aliphatic rings. The van der Waals surface area contributed by atoms with E-state index >= 15 is 0 Å². The summed E-state index contributed by atoms with van der Waals surface area (Å²) in [6.07, 6.45) is 0. The van der Waals surface area contributed by atoms with Crippen LogP contribution in [0, 0.1) is 0 Å². The number of rotatable bonds is 6. The number of methoxy groups -OCH3 is 2. The molecule has 0 saturated carbocycles. The van der Waals surface area contributed by atoms with E-state index in [9.17, 15) is 0 Å². The number of anilines is 1. The highest BCUT2D eigenvalue weighted by Gasteiger charge is 2.03. The second-order valence-electron chi connectivity index (χ2n) is 3.85. The molecule has 4 nitrogen and oxygen atoms in total. The van der Waals surface area contributed by atoms with Crippen LogP contribution in [-0.4, -0.2) is 39.3 Å². The fraction of sp³-hybridized carbons (Fsp3) is 0.500. The van der Waals surface area contributed by atoms with Gasteiger partial charge in [0.25, 0.3) is 0 Å². The van der Waals surface area contributed by atoms with Gasteiger partial charge in [-0.3, -0.25) is 4.90 Å². The van der Waals surface area contributed by atoms with Gasteiger partial charge >= 0.3 is 0 Å². The highest BCUT2D eigenvalue weighted by molar-refractivity contribution is 5.47. The van der Waals surface area contributed by atoms with E-state index in [-0.39, 0.29) is 0 Å². The van der Waals surface area contributed by atoms with E-state index in [0.29, 0.717) is 0 Å². The molecular weight excluding hydrogens is 204 g/mol. The Labute approximate surface area is 96.9 Å². The molecule has 1 rings (SSSR count). The van der Waals surface area contributed by atoms with E-state index < -0.39 is 0 Å². The summed E-state index contributed by atoms with van der Waals surface area (Å²) in [5, 5.41) is 0. The van der Waals surface area contributed by atoms with Crippen molar-refractivity contribution in [1.29, 1.82) is 0 Å². The van der Waals surface area contributed by atoms with E-state index in [4.69, 9.17) is 15.2 Å². The van der Waals surface area contributed by atoms with Crippen molar-refractivity contribution < 1.29 is 9.47 Å². The molecule has 90 valence electrons. The summed E-state index contributed by atoms with van der Waals surface area (Å²) < 4.78 is 10.2. The van der Waals surface area contributed by atoms with Crippen LogP contribution in [0.5, 0.6) is 5.75 Å². The Bertz CT molecular complexity index is 329. The van der Waals surface area contributed by atoms with Crippen molar-refractivity contribution in [2.24, 2.45) is 0 Å². The minimum Gasteiger partial charge on any atom is -0.497 e. The standard InChI is InChI=1S/C12H20N2O2/c1-14(4-5-15-2)9-10-6-11(13)8-12(7-10)16-3/h6-8H,4-5,9,13H2,1-3H3. The SMILES string of the molecule is COCCN(C)Cc1cc(N)cc(OC)c1. The van der Waals surface area contributed by atoms with Crippen molar-refractivity contribution in [1.82, 2.24) is 4.90 Å². The molecule has 0 heterocycles. The van der Waals surface area contributed by atoms with Gasteiger partial charge in [-0.2, -0.15) is 0 Å². The Hall–Kier alpha value is -1.26. The third-order valence-electron chi connectivity index (χ3n) is 2.35. The van der Waals surface area contributed by atoms with Crippen molar-refractivity contribution in [3.8, 4) is 5.75 Å². The van der Waals surface area contributed by atoms with Crippen LogP contribution < -0.4 is 10.5 Å². The third-order valence-corrected chi connectivity index (χ3v) is 2.35. The van der Waals surface area contributed by atoms with E-state index in [0.717, 1.165) is 36.7 Å². The normalized spacial score (nSPS) is 10.8. The lowest BCUT2D eigenvalue weighted by Gasteiger charge is -2.16. The molecule has 0 bridgehead atoms. The van der Waals surface area contributed by atoms with Gasteiger partial charge in [0.1, 0.15) is 5.75 Å². The number of hydrogen-bond donors (Lipinski definition) is 1. The van der Waals surface area contributed by atoms with Crippen molar-refractivity contribution in [3.05, 3.63) is 23.8 Å². The number of nitrogens with two attached hydrogens (primary N) is 1. The zero-order chi connectivity index (χ0) is 12.0. The first kappa shape index (κ1) is 12.8. The van der Waals surface area contributed by atoms with E-state index in [2.05, 4.69) is 11.9 Å². The number of ether oxygens (including phenoxy) is 2. The van der Waals surface area contributed by atoms with Crippen LogP contribution in [0.4, 0.5) is 5.69 Å². The van der Waals surface area contributed by atoms with Gasteiger partial charge in [-0.15, -0.1) is 0 Å². The molecule has 0 fully saturated rings. The van der Waals surface area contributed by atoms with Gasteiger partial charge in [-0.25, -0.2) is 0 Å². The Morgan fingerprint density at radius 1 is 1.25 bits per heavy atom. The number of likely N-dealkylation sites (N-methyl/N-ethyl adjacent to an activating group) is 1. The first-order valence-corrected chi connectivity index (χ1v) is 5.26. The molecule has 0 unspecified atom stereocenters. The minimum atomic E-state index is 0.731. The summed E-state index contributed by atoms with van der Waals surface area (Å²) in [4.78, 5) is 2.18. The van der Waals surface area contributed by atoms with Crippen LogP contribution in [-0.2, 0) is 11.3 Å². The van der Waals surface area contributed by atoms with E-state index in [1.54, 1.807) is 14.2 Å². The summed E-state index contributed by atoms with van der Waals surface area (Å²) in [6.45, 7) is 2.47. The molecule has 0 atom stereocenters. The molecule has 2 N–H and O–H groups in total. The van der Waals surface area contributed by atoms with Crippen LogP contribution in [0.2, 0.25) is 0 Å². The molecule has 0 amide bonds. The molecule has 4 heteroatoms. The fourth-order valence-electron chi connectivity index (χ4n) is 1.53. The monoisotopic (exact) mass is 224 g/mol. The topological polar surface area (TPSA) is 47.7 Å². The Balaban J connectivity index is 2.61. The van der Waals surface area contributed by atoms with Crippen LogP contribution in [0.25, 0.3) is 0 Å². The van der Waals surface area contributed by atoms with Gasteiger partial charge in [-0.1, -0.05) is 0 Å². The van der Waals surface area contributed by atoms with Crippen LogP contribution in [0.15, 0.2) is 18.2 Å². The Morgan fingerprint density at radius 3 is 2.62 bits per heavy atom. The Morgan fingerprint density at radius 2 is 2.00 bits per heavy atom. The number of hydrogen-bond acceptors (Lipinski definition) is 4. The number of nitrogens with zero attached hydrogens (tertiary/aromatic N) is 1. The number of benzene rings is 1. The molecule has 1 aromatic rings. The largest absolute Gasteiger partial charge is 0.497 e. The van der Waals surface area contributed by atoms with Crippen molar-refractivity contribution >= 4 is 5.69 Å². The predicted molar refractivity (Wildman–Crippen MR) is 65.6 cm³/mol. The van der Waals surface area contributed by atoms with Gasteiger partial charge in [-0.05, 0) is 24.7 Å². The van der Waals surface area contributed by atoms with Crippen LogP contribution >= 0.6 is 0 Å². The third kappa shape index (κ3) is 4.08. The molecule has 0 saturated heterocycles. The van der Waals surface area contributed by atoms with Gasteiger partial charge < -0.3 is 15.2 Å². The zero-order valence-electron chi connectivity index (χ0n) is 10.2. The van der Waals surface area contributed by atoms with Crippen LogP contribution in [0.1, 0.15) is 5.56 Å². The highest BCUT2D eigenvalue weighted by Crippen LogP contribution is 2.19. The smallest absolute Gasteiger partial charge is 0.121 e. The number of nitrogen functional groups attached to an aromatic ring is 1. The summed E-state index contributed by atoms with van der Waals surface area (Å²) in [5.41, 5.74) is 7.67. The summed E-state index contributed by atoms with van der Waals surface area (Å²) in [5.74, 6) is 0.801. The minimum absolute atomic E-state index is 0.731. The van der Waals surface area contributed by atoms with Gasteiger partial charge in [0.2, 0.25) is 0 Å². The maximum absolute atomic E-state index is 5.79. The van der Waals surface area contributed by atoms with Crippen molar-refractivity contribution in [2.75, 3.05) is 40.2 Å². The molecule has 0 aliphatic carbocycles.